The Morgan fingerprint density at radius 3 is 2.65 bits per heavy atom. The van der Waals surface area contributed by atoms with Gasteiger partial charge in [0.1, 0.15) is 11.5 Å². The minimum absolute atomic E-state index is 0.105. The average Bonchev–Trinajstić information content (AvgIpc) is 2.37. The first-order valence-electron chi connectivity index (χ1n) is 6.81. The van der Waals surface area contributed by atoms with Crippen molar-refractivity contribution in [1.82, 2.24) is 15.2 Å². The van der Waals surface area contributed by atoms with Crippen molar-refractivity contribution in [2.45, 2.75) is 26.3 Å². The maximum atomic E-state index is 12.2. The summed E-state index contributed by atoms with van der Waals surface area (Å²) >= 11 is 0. The van der Waals surface area contributed by atoms with Crippen molar-refractivity contribution in [2.75, 3.05) is 26.1 Å². The SMILES string of the molecule is CC(C)CC(CN(C)C)NC(=O)c1cccc(NN)n1. The van der Waals surface area contributed by atoms with E-state index in [1.165, 1.54) is 0 Å². The van der Waals surface area contributed by atoms with Crippen LogP contribution in [0.5, 0.6) is 0 Å². The van der Waals surface area contributed by atoms with E-state index < -0.39 is 0 Å². The molecule has 0 aliphatic rings. The fraction of sp³-hybridized carbons (Fsp3) is 0.571. The number of hydrogen-bond donors (Lipinski definition) is 3. The maximum Gasteiger partial charge on any atom is 0.270 e. The van der Waals surface area contributed by atoms with E-state index in [2.05, 4.69) is 34.5 Å². The van der Waals surface area contributed by atoms with E-state index in [1.807, 2.05) is 14.1 Å². The molecule has 20 heavy (non-hydrogen) atoms. The minimum Gasteiger partial charge on any atom is -0.347 e. The highest BCUT2D eigenvalue weighted by atomic mass is 16.1. The van der Waals surface area contributed by atoms with Gasteiger partial charge in [-0.15, -0.1) is 0 Å². The molecule has 4 N–H and O–H groups in total. The number of nitrogens with one attached hydrogen (secondary N) is 2. The fourth-order valence-corrected chi connectivity index (χ4v) is 2.09. The van der Waals surface area contributed by atoms with Gasteiger partial charge in [0.15, 0.2) is 0 Å². The van der Waals surface area contributed by atoms with Crippen LogP contribution in [0.4, 0.5) is 5.82 Å². The van der Waals surface area contributed by atoms with Crippen molar-refractivity contribution in [1.29, 1.82) is 0 Å². The van der Waals surface area contributed by atoms with Gasteiger partial charge >= 0.3 is 0 Å². The summed E-state index contributed by atoms with van der Waals surface area (Å²) in [6.07, 6.45) is 0.929. The summed E-state index contributed by atoms with van der Waals surface area (Å²) in [6, 6.07) is 5.25. The van der Waals surface area contributed by atoms with Gasteiger partial charge in [0.2, 0.25) is 0 Å². The smallest absolute Gasteiger partial charge is 0.270 e. The van der Waals surface area contributed by atoms with Crippen LogP contribution in [0.3, 0.4) is 0 Å². The number of nitrogen functional groups attached to an aromatic ring is 1. The second kappa shape index (κ2) is 7.81. The molecule has 0 aliphatic carbocycles. The third-order valence-corrected chi connectivity index (χ3v) is 2.81. The zero-order chi connectivity index (χ0) is 15.1. The number of rotatable bonds is 7. The normalized spacial score (nSPS) is 12.6. The largest absolute Gasteiger partial charge is 0.347 e. The summed E-state index contributed by atoms with van der Waals surface area (Å²) in [5, 5.41) is 3.04. The van der Waals surface area contributed by atoms with Gasteiger partial charge in [-0.05, 0) is 38.6 Å². The third kappa shape index (κ3) is 5.54. The lowest BCUT2D eigenvalue weighted by Crippen LogP contribution is -2.42. The van der Waals surface area contributed by atoms with Crippen molar-refractivity contribution in [2.24, 2.45) is 11.8 Å². The number of anilines is 1. The zero-order valence-electron chi connectivity index (χ0n) is 12.7. The standard InChI is InChI=1S/C14H25N5O/c1-10(2)8-11(9-19(3)4)16-14(20)12-6-5-7-13(17-12)18-15/h5-7,10-11H,8-9,15H2,1-4H3,(H,16,20)(H,17,18). The summed E-state index contributed by atoms with van der Waals surface area (Å²) in [5.74, 6) is 6.13. The van der Waals surface area contributed by atoms with E-state index in [0.29, 0.717) is 17.4 Å². The molecule has 0 fully saturated rings. The molecule has 1 aromatic rings. The zero-order valence-corrected chi connectivity index (χ0v) is 12.7. The molecule has 1 rings (SSSR count). The first-order valence-corrected chi connectivity index (χ1v) is 6.81. The summed E-state index contributed by atoms with van der Waals surface area (Å²) in [6.45, 7) is 5.09. The Bertz CT molecular complexity index is 423. The molecule has 6 nitrogen and oxygen atoms in total. The molecule has 1 amide bonds. The minimum atomic E-state index is -0.172. The number of nitrogens with zero attached hydrogens (tertiary/aromatic N) is 2. The molecule has 112 valence electrons. The highest BCUT2D eigenvalue weighted by Gasteiger charge is 2.17. The number of likely N-dealkylation sites (N-methyl/N-ethyl adjacent to an activating group) is 1. The predicted molar refractivity (Wildman–Crippen MR) is 81.3 cm³/mol. The van der Waals surface area contributed by atoms with Gasteiger partial charge in [-0.25, -0.2) is 10.8 Å². The molecule has 1 atom stereocenters. The van der Waals surface area contributed by atoms with Crippen LogP contribution in [0.2, 0.25) is 0 Å². The maximum absolute atomic E-state index is 12.2. The van der Waals surface area contributed by atoms with Gasteiger partial charge in [0, 0.05) is 12.6 Å². The Labute approximate surface area is 120 Å². The Kier molecular flexibility index (Phi) is 6.41. The number of nitrogens with two attached hydrogens (primary N) is 1. The number of carbonyl (C=O) groups excluding carboxylic acids is 1. The predicted octanol–water partition coefficient (Wildman–Crippen LogP) is 1.07. The van der Waals surface area contributed by atoms with E-state index in [1.54, 1.807) is 18.2 Å². The molecule has 0 spiro atoms. The van der Waals surface area contributed by atoms with Crippen LogP contribution in [-0.4, -0.2) is 42.5 Å². The highest BCUT2D eigenvalue weighted by Crippen LogP contribution is 2.08. The molecule has 0 aliphatic heterocycles. The lowest BCUT2D eigenvalue weighted by molar-refractivity contribution is 0.0919. The van der Waals surface area contributed by atoms with Crippen LogP contribution in [0.25, 0.3) is 0 Å². The van der Waals surface area contributed by atoms with Crippen molar-refractivity contribution in [3.8, 4) is 0 Å². The Morgan fingerprint density at radius 1 is 1.40 bits per heavy atom. The quantitative estimate of drug-likeness (QED) is 0.514. The van der Waals surface area contributed by atoms with Crippen LogP contribution in [-0.2, 0) is 0 Å². The lowest BCUT2D eigenvalue weighted by Gasteiger charge is -2.23. The third-order valence-electron chi connectivity index (χ3n) is 2.81. The van der Waals surface area contributed by atoms with Gasteiger partial charge < -0.3 is 15.6 Å². The molecule has 0 saturated heterocycles. The number of hydrogen-bond acceptors (Lipinski definition) is 5. The van der Waals surface area contributed by atoms with Gasteiger partial charge in [-0.3, -0.25) is 4.79 Å². The number of pyridine rings is 1. The first-order chi connectivity index (χ1) is 9.42. The van der Waals surface area contributed by atoms with Gasteiger partial charge in [-0.1, -0.05) is 19.9 Å². The molecule has 6 heteroatoms. The van der Waals surface area contributed by atoms with E-state index in [4.69, 9.17) is 5.84 Å². The highest BCUT2D eigenvalue weighted by molar-refractivity contribution is 5.92. The second-order valence-electron chi connectivity index (χ2n) is 5.61. The average molecular weight is 279 g/mol. The fourth-order valence-electron chi connectivity index (χ4n) is 2.09. The first kappa shape index (κ1) is 16.4. The monoisotopic (exact) mass is 279 g/mol. The van der Waals surface area contributed by atoms with E-state index >= 15 is 0 Å². The van der Waals surface area contributed by atoms with Gasteiger partial charge in [0.25, 0.3) is 5.91 Å². The summed E-state index contributed by atoms with van der Waals surface area (Å²) in [4.78, 5) is 18.4. The van der Waals surface area contributed by atoms with Crippen molar-refractivity contribution < 1.29 is 4.79 Å². The Morgan fingerprint density at radius 2 is 2.10 bits per heavy atom. The van der Waals surface area contributed by atoms with Crippen LogP contribution < -0.4 is 16.6 Å². The van der Waals surface area contributed by atoms with Crippen molar-refractivity contribution in [3.05, 3.63) is 23.9 Å². The number of carbonyl (C=O) groups is 1. The topological polar surface area (TPSA) is 83.3 Å². The van der Waals surface area contributed by atoms with E-state index in [0.717, 1.165) is 13.0 Å². The second-order valence-corrected chi connectivity index (χ2v) is 5.61. The molecular weight excluding hydrogens is 254 g/mol. The van der Waals surface area contributed by atoms with E-state index in [-0.39, 0.29) is 11.9 Å². The molecule has 1 unspecified atom stereocenters. The lowest BCUT2D eigenvalue weighted by atomic mass is 10.0. The number of hydrazine groups is 1. The molecule has 0 saturated carbocycles. The van der Waals surface area contributed by atoms with Crippen LogP contribution in [0, 0.1) is 5.92 Å². The van der Waals surface area contributed by atoms with Gasteiger partial charge in [0.05, 0.1) is 0 Å². The van der Waals surface area contributed by atoms with Crippen molar-refractivity contribution >= 4 is 11.7 Å². The van der Waals surface area contributed by atoms with Crippen LogP contribution in [0.15, 0.2) is 18.2 Å². The van der Waals surface area contributed by atoms with Crippen molar-refractivity contribution in [3.63, 3.8) is 0 Å². The van der Waals surface area contributed by atoms with Crippen LogP contribution in [0.1, 0.15) is 30.8 Å². The van der Waals surface area contributed by atoms with E-state index in [9.17, 15) is 4.79 Å². The Hall–Kier alpha value is -1.66. The molecule has 0 radical (unpaired) electrons. The summed E-state index contributed by atoms with van der Waals surface area (Å²) in [5.41, 5.74) is 2.81. The van der Waals surface area contributed by atoms with Gasteiger partial charge in [-0.2, -0.15) is 0 Å². The molecular formula is C14H25N5O. The molecule has 0 aromatic carbocycles. The Balaban J connectivity index is 2.73. The summed E-state index contributed by atoms with van der Waals surface area (Å²) in [7, 11) is 3.99. The number of aromatic nitrogens is 1. The van der Waals surface area contributed by atoms with Crippen LogP contribution >= 0.6 is 0 Å². The molecule has 1 heterocycles. The summed E-state index contributed by atoms with van der Waals surface area (Å²) < 4.78 is 0. The number of amides is 1. The molecule has 0 bridgehead atoms. The molecule has 1 aromatic heterocycles.